The molecule has 0 saturated heterocycles. The lowest BCUT2D eigenvalue weighted by atomic mass is 10.0. The molecule has 0 bridgehead atoms. The number of amides is 3. The minimum Gasteiger partial charge on any atom is -0.488 e. The Kier molecular flexibility index (Phi) is 14.1. The van der Waals surface area contributed by atoms with Crippen molar-refractivity contribution < 1.29 is 24.2 Å². The fourth-order valence-corrected chi connectivity index (χ4v) is 6.16. The number of para-hydroxylation sites is 2. The number of hydrogen-bond acceptors (Lipinski definition) is 7. The fourth-order valence-electron chi connectivity index (χ4n) is 5.84. The quantitative estimate of drug-likeness (QED) is 0.112. The van der Waals surface area contributed by atoms with E-state index in [2.05, 4.69) is 15.5 Å². The van der Waals surface area contributed by atoms with Crippen LogP contribution in [0.2, 0.25) is 10.0 Å². The largest absolute Gasteiger partial charge is 0.488 e. The van der Waals surface area contributed by atoms with Crippen LogP contribution in [0.1, 0.15) is 57.1 Å². The van der Waals surface area contributed by atoms with Crippen LogP contribution < -0.4 is 21.1 Å². The van der Waals surface area contributed by atoms with E-state index >= 15 is 0 Å². The van der Waals surface area contributed by atoms with Crippen LogP contribution in [0.3, 0.4) is 0 Å². The van der Waals surface area contributed by atoms with Gasteiger partial charge in [0, 0.05) is 49.6 Å². The van der Waals surface area contributed by atoms with Crippen molar-refractivity contribution in [2.75, 3.05) is 43.1 Å². The third-order valence-corrected chi connectivity index (χ3v) is 9.41. The number of nitrogens with zero attached hydrogens (tertiary/aromatic N) is 2. The Morgan fingerprint density at radius 1 is 1.02 bits per heavy atom. The molecular weight excluding hydrogens is 665 g/mol. The molecule has 0 aromatic heterocycles. The van der Waals surface area contributed by atoms with Gasteiger partial charge in [-0.15, -0.1) is 0 Å². The molecule has 1 heterocycles. The van der Waals surface area contributed by atoms with Gasteiger partial charge in [0.2, 0.25) is 17.7 Å². The molecule has 0 saturated carbocycles. The predicted molar refractivity (Wildman–Crippen MR) is 196 cm³/mol. The summed E-state index contributed by atoms with van der Waals surface area (Å²) in [4.78, 5) is 42.5. The lowest BCUT2D eigenvalue weighted by Gasteiger charge is -2.34. The van der Waals surface area contributed by atoms with Gasteiger partial charge in [0.05, 0.1) is 40.5 Å². The van der Waals surface area contributed by atoms with Crippen LogP contribution in [0.25, 0.3) is 0 Å². The Balaban J connectivity index is 1.37. The Bertz CT molecular complexity index is 1610. The molecule has 3 amide bonds. The van der Waals surface area contributed by atoms with E-state index in [0.29, 0.717) is 83.7 Å². The molecule has 264 valence electrons. The Morgan fingerprint density at radius 3 is 2.43 bits per heavy atom. The first-order chi connectivity index (χ1) is 23.4. The second-order valence-corrected chi connectivity index (χ2v) is 13.7. The third-order valence-electron chi connectivity index (χ3n) is 8.67. The number of carbonyl (C=O) groups excluding carboxylic acids is 3. The maximum atomic E-state index is 13.6. The molecule has 1 aliphatic heterocycles. The summed E-state index contributed by atoms with van der Waals surface area (Å²) in [5, 5.41) is 16.7. The number of anilines is 3. The molecular formula is C37H47Cl2N5O5. The molecule has 12 heteroatoms. The van der Waals surface area contributed by atoms with E-state index in [1.54, 1.807) is 41.3 Å². The van der Waals surface area contributed by atoms with Crippen molar-refractivity contribution in [2.45, 2.75) is 71.1 Å². The monoisotopic (exact) mass is 711 g/mol. The van der Waals surface area contributed by atoms with E-state index in [4.69, 9.17) is 33.7 Å². The molecule has 0 spiro atoms. The third kappa shape index (κ3) is 11.4. The highest BCUT2D eigenvalue weighted by atomic mass is 35.5. The predicted octanol–water partition coefficient (Wildman–Crippen LogP) is 6.38. The number of carbonyl (C=O) groups is 3. The molecule has 0 radical (unpaired) electrons. The van der Waals surface area contributed by atoms with Gasteiger partial charge in [-0.1, -0.05) is 54.7 Å². The molecule has 3 aromatic carbocycles. The number of benzene rings is 3. The van der Waals surface area contributed by atoms with Gasteiger partial charge in [-0.05, 0) is 74.8 Å². The minimum absolute atomic E-state index is 0.0536. The van der Waals surface area contributed by atoms with Crippen LogP contribution in [0, 0.1) is 5.92 Å². The van der Waals surface area contributed by atoms with Gasteiger partial charge in [0.15, 0.2) is 0 Å². The van der Waals surface area contributed by atoms with Crippen molar-refractivity contribution in [3.05, 3.63) is 81.8 Å². The number of nitrogen functional groups attached to an aromatic ring is 1. The Labute approximate surface area is 298 Å². The van der Waals surface area contributed by atoms with Crippen molar-refractivity contribution in [2.24, 2.45) is 5.92 Å². The highest BCUT2D eigenvalue weighted by molar-refractivity contribution is 6.42. The molecule has 5 N–H and O–H groups in total. The number of unbranched alkanes of at least 4 members (excludes halogenated alkanes) is 2. The summed E-state index contributed by atoms with van der Waals surface area (Å²) < 4.78 is 6.62. The second kappa shape index (κ2) is 18.2. The Morgan fingerprint density at radius 2 is 1.73 bits per heavy atom. The molecule has 0 unspecified atom stereocenters. The van der Waals surface area contributed by atoms with E-state index in [-0.39, 0.29) is 48.8 Å². The smallest absolute Gasteiger partial charge is 0.227 e. The average molecular weight is 713 g/mol. The highest BCUT2D eigenvalue weighted by Crippen LogP contribution is 2.30. The first-order valence-electron chi connectivity index (χ1n) is 16.7. The van der Waals surface area contributed by atoms with Crippen molar-refractivity contribution in [1.82, 2.24) is 9.80 Å². The standard InChI is InChI=1S/C37H47Cl2N5O5/c1-24-20-44(25(2)23-45)37(48)19-27-18-28(41-35(46)11-5-4-6-12-36(47)42-32-10-8-7-9-31(32)40)14-16-33(27)49-34(24)22-43(3)21-26-13-15-29(38)30(39)17-26/h7-10,13-18,24-25,34,45H,4-6,11-12,19-23,40H2,1-3H3,(H,41,46)(H,42,47)/t24-,25+,34+/m0/s1. The van der Waals surface area contributed by atoms with Crippen molar-refractivity contribution in [3.63, 3.8) is 0 Å². The van der Waals surface area contributed by atoms with Gasteiger partial charge >= 0.3 is 0 Å². The van der Waals surface area contributed by atoms with Crippen LogP contribution >= 0.6 is 23.2 Å². The van der Waals surface area contributed by atoms with Crippen LogP contribution in [0.5, 0.6) is 5.75 Å². The number of nitrogens with one attached hydrogen (secondary N) is 2. The zero-order chi connectivity index (χ0) is 35.5. The average Bonchev–Trinajstić information content (AvgIpc) is 3.10. The van der Waals surface area contributed by atoms with E-state index in [0.717, 1.165) is 12.0 Å². The van der Waals surface area contributed by atoms with Gasteiger partial charge in [-0.3, -0.25) is 19.3 Å². The summed E-state index contributed by atoms with van der Waals surface area (Å²) in [5.74, 6) is 0.146. The van der Waals surface area contributed by atoms with Crippen LogP contribution in [0.15, 0.2) is 60.7 Å². The lowest BCUT2D eigenvalue weighted by Crippen LogP contribution is -2.47. The summed E-state index contributed by atoms with van der Waals surface area (Å²) in [6.07, 6.45) is 2.42. The van der Waals surface area contributed by atoms with E-state index < -0.39 is 0 Å². The number of likely N-dealkylation sites (N-methyl/N-ethyl adjacent to an activating group) is 1. The van der Waals surface area contributed by atoms with Crippen molar-refractivity contribution >= 4 is 58.0 Å². The SMILES string of the molecule is C[C@H](CO)N1C[C@H](C)[C@@H](CN(C)Cc2ccc(Cl)c(Cl)c2)Oc2ccc(NC(=O)CCCCCC(=O)Nc3ccccc3N)cc2CC1=O. The fraction of sp³-hybridized carbons (Fsp3) is 0.432. The summed E-state index contributed by atoms with van der Waals surface area (Å²) in [6.45, 7) is 5.33. The van der Waals surface area contributed by atoms with Gasteiger partial charge in [-0.2, -0.15) is 0 Å². The lowest BCUT2D eigenvalue weighted by molar-refractivity contribution is -0.134. The van der Waals surface area contributed by atoms with E-state index in [1.807, 2.05) is 45.2 Å². The number of nitrogens with two attached hydrogens (primary N) is 1. The highest BCUT2D eigenvalue weighted by Gasteiger charge is 2.31. The van der Waals surface area contributed by atoms with Crippen molar-refractivity contribution in [1.29, 1.82) is 0 Å². The van der Waals surface area contributed by atoms with Gasteiger partial charge in [0.25, 0.3) is 0 Å². The zero-order valence-corrected chi connectivity index (χ0v) is 29.9. The molecule has 49 heavy (non-hydrogen) atoms. The molecule has 4 rings (SSSR count). The van der Waals surface area contributed by atoms with E-state index in [9.17, 15) is 19.5 Å². The van der Waals surface area contributed by atoms with Crippen LogP contribution in [0.4, 0.5) is 17.1 Å². The number of rotatable bonds is 14. The normalized spacial score (nSPS) is 17.0. The number of aliphatic hydroxyl groups is 1. The van der Waals surface area contributed by atoms with Crippen LogP contribution in [-0.4, -0.2) is 71.5 Å². The molecule has 0 aliphatic carbocycles. The topological polar surface area (TPSA) is 137 Å². The zero-order valence-electron chi connectivity index (χ0n) is 28.4. The number of halogens is 2. The maximum absolute atomic E-state index is 13.6. The molecule has 10 nitrogen and oxygen atoms in total. The molecule has 0 fully saturated rings. The van der Waals surface area contributed by atoms with Gasteiger partial charge in [0.1, 0.15) is 11.9 Å². The Hall–Kier alpha value is -3.83. The van der Waals surface area contributed by atoms with Gasteiger partial charge in [-0.25, -0.2) is 0 Å². The summed E-state index contributed by atoms with van der Waals surface area (Å²) >= 11 is 12.3. The molecule has 3 atom stereocenters. The van der Waals surface area contributed by atoms with Gasteiger partial charge < -0.3 is 31.1 Å². The number of fused-ring (bicyclic) bond motifs is 1. The van der Waals surface area contributed by atoms with Crippen LogP contribution in [-0.2, 0) is 27.3 Å². The number of ether oxygens (including phenoxy) is 1. The number of hydrogen-bond donors (Lipinski definition) is 4. The summed E-state index contributed by atoms with van der Waals surface area (Å²) in [7, 11) is 2.00. The molecule has 1 aliphatic rings. The maximum Gasteiger partial charge on any atom is 0.227 e. The number of aliphatic hydroxyl groups excluding tert-OH is 1. The van der Waals surface area contributed by atoms with E-state index in [1.165, 1.54) is 0 Å². The second-order valence-electron chi connectivity index (χ2n) is 12.9. The first-order valence-corrected chi connectivity index (χ1v) is 17.5. The molecule has 3 aromatic rings. The van der Waals surface area contributed by atoms with Crippen molar-refractivity contribution in [3.8, 4) is 5.75 Å². The summed E-state index contributed by atoms with van der Waals surface area (Å²) in [6, 6.07) is 17.7. The minimum atomic E-state index is -0.364. The summed E-state index contributed by atoms with van der Waals surface area (Å²) in [5.41, 5.74) is 9.25. The first kappa shape index (κ1) is 38.0.